The van der Waals surface area contributed by atoms with Gasteiger partial charge in [-0.25, -0.2) is 0 Å². The summed E-state index contributed by atoms with van der Waals surface area (Å²) in [7, 11) is 0. The van der Waals surface area contributed by atoms with E-state index in [1.807, 2.05) is 0 Å². The first-order chi connectivity index (χ1) is 11.4. The Bertz CT molecular complexity index is 684. The van der Waals surface area contributed by atoms with Gasteiger partial charge in [-0.2, -0.15) is 0 Å². The van der Waals surface area contributed by atoms with E-state index in [9.17, 15) is 19.2 Å². The van der Waals surface area contributed by atoms with E-state index in [4.69, 9.17) is 0 Å². The minimum atomic E-state index is -0.841. The molecule has 1 atom stereocenters. The van der Waals surface area contributed by atoms with Gasteiger partial charge in [0, 0.05) is 19.0 Å². The number of piperidine rings is 1. The van der Waals surface area contributed by atoms with E-state index in [-0.39, 0.29) is 17.6 Å². The molecular weight excluding hydrogens is 308 g/mol. The lowest BCUT2D eigenvalue weighted by Crippen LogP contribution is -2.51. The predicted molar refractivity (Wildman–Crippen MR) is 86.4 cm³/mol. The maximum absolute atomic E-state index is 12.7. The molecule has 24 heavy (non-hydrogen) atoms. The van der Waals surface area contributed by atoms with Crippen LogP contribution in [-0.4, -0.2) is 52.4 Å². The van der Waals surface area contributed by atoms with Crippen LogP contribution in [0.2, 0.25) is 0 Å². The lowest BCUT2D eigenvalue weighted by atomic mass is 9.93. The van der Waals surface area contributed by atoms with Crippen molar-refractivity contribution in [2.75, 3.05) is 13.1 Å². The van der Waals surface area contributed by atoms with Gasteiger partial charge in [-0.15, -0.1) is 0 Å². The molecule has 1 fully saturated rings. The number of ketones is 1. The van der Waals surface area contributed by atoms with Gasteiger partial charge in [-0.05, 0) is 38.8 Å². The second kappa shape index (κ2) is 6.19. The number of nitrogens with zero attached hydrogens (tertiary/aromatic N) is 2. The summed E-state index contributed by atoms with van der Waals surface area (Å²) in [5, 5.41) is 0. The van der Waals surface area contributed by atoms with Crippen LogP contribution in [0.4, 0.5) is 0 Å². The SMILES string of the molecule is CC(=O)C1CCN(C(=O)C(C)N2C(=O)c3ccccc3C2=O)CC1. The summed E-state index contributed by atoms with van der Waals surface area (Å²) in [4.78, 5) is 51.8. The van der Waals surface area contributed by atoms with Gasteiger partial charge in [0.25, 0.3) is 11.8 Å². The molecule has 1 aromatic carbocycles. The van der Waals surface area contributed by atoms with Crippen molar-refractivity contribution in [2.24, 2.45) is 5.92 Å². The van der Waals surface area contributed by atoms with Crippen molar-refractivity contribution >= 4 is 23.5 Å². The molecular formula is C18H20N2O4. The summed E-state index contributed by atoms with van der Waals surface area (Å²) < 4.78 is 0. The Kier molecular flexibility index (Phi) is 4.22. The van der Waals surface area contributed by atoms with Crippen molar-refractivity contribution < 1.29 is 19.2 Å². The number of rotatable bonds is 3. The van der Waals surface area contributed by atoms with Gasteiger partial charge in [-0.1, -0.05) is 12.1 Å². The fraction of sp³-hybridized carbons (Fsp3) is 0.444. The van der Waals surface area contributed by atoms with Crippen LogP contribution in [0.25, 0.3) is 0 Å². The first-order valence-electron chi connectivity index (χ1n) is 8.18. The van der Waals surface area contributed by atoms with Gasteiger partial charge in [-0.3, -0.25) is 24.1 Å². The molecule has 2 heterocycles. The summed E-state index contributed by atoms with van der Waals surface area (Å²) in [5.74, 6) is -0.934. The molecule has 126 valence electrons. The summed E-state index contributed by atoms with van der Waals surface area (Å²) >= 11 is 0. The normalized spacial score (nSPS) is 19.4. The largest absolute Gasteiger partial charge is 0.341 e. The van der Waals surface area contributed by atoms with Crippen LogP contribution in [0, 0.1) is 5.92 Å². The van der Waals surface area contributed by atoms with Crippen molar-refractivity contribution in [3.8, 4) is 0 Å². The smallest absolute Gasteiger partial charge is 0.262 e. The highest BCUT2D eigenvalue weighted by Gasteiger charge is 2.42. The van der Waals surface area contributed by atoms with Crippen LogP contribution in [0.15, 0.2) is 24.3 Å². The molecule has 3 rings (SSSR count). The molecule has 0 radical (unpaired) electrons. The fourth-order valence-corrected chi connectivity index (χ4v) is 3.44. The molecule has 6 nitrogen and oxygen atoms in total. The lowest BCUT2D eigenvalue weighted by Gasteiger charge is -2.34. The van der Waals surface area contributed by atoms with Gasteiger partial charge >= 0.3 is 0 Å². The fourth-order valence-electron chi connectivity index (χ4n) is 3.44. The highest BCUT2D eigenvalue weighted by Crippen LogP contribution is 2.26. The third-order valence-electron chi connectivity index (χ3n) is 4.95. The van der Waals surface area contributed by atoms with Crippen molar-refractivity contribution in [2.45, 2.75) is 32.7 Å². The van der Waals surface area contributed by atoms with Crippen molar-refractivity contribution in [3.05, 3.63) is 35.4 Å². The molecule has 2 aliphatic heterocycles. The molecule has 0 saturated carbocycles. The van der Waals surface area contributed by atoms with Gasteiger partial charge in [0.2, 0.25) is 5.91 Å². The number of carbonyl (C=O) groups is 4. The van der Waals surface area contributed by atoms with E-state index in [0.717, 1.165) is 4.90 Å². The summed E-state index contributed by atoms with van der Waals surface area (Å²) in [6.45, 7) is 4.12. The van der Waals surface area contributed by atoms with Gasteiger partial charge in [0.05, 0.1) is 11.1 Å². The standard InChI is InChI=1S/C18H20N2O4/c1-11(16(22)19-9-7-13(8-10-19)12(2)21)20-17(23)14-5-3-4-6-15(14)18(20)24/h3-6,11,13H,7-10H2,1-2H3. The van der Waals surface area contributed by atoms with Crippen LogP contribution >= 0.6 is 0 Å². The summed E-state index contributed by atoms with van der Waals surface area (Å²) in [6, 6.07) is 5.77. The molecule has 1 aromatic rings. The Morgan fingerprint density at radius 2 is 1.54 bits per heavy atom. The average molecular weight is 328 g/mol. The van der Waals surface area contributed by atoms with Crippen LogP contribution in [0.1, 0.15) is 47.4 Å². The van der Waals surface area contributed by atoms with Crippen LogP contribution in [0.5, 0.6) is 0 Å². The van der Waals surface area contributed by atoms with Crippen molar-refractivity contribution in [1.82, 2.24) is 9.80 Å². The molecule has 0 spiro atoms. The predicted octanol–water partition coefficient (Wildman–Crippen LogP) is 1.50. The third-order valence-corrected chi connectivity index (χ3v) is 4.95. The zero-order chi connectivity index (χ0) is 17.4. The topological polar surface area (TPSA) is 74.8 Å². The lowest BCUT2D eigenvalue weighted by molar-refractivity contribution is -0.137. The molecule has 0 bridgehead atoms. The van der Waals surface area contributed by atoms with E-state index in [1.165, 1.54) is 0 Å². The minimum absolute atomic E-state index is 0.00339. The number of Topliss-reactive ketones (excluding diaryl/α,β-unsaturated/α-hetero) is 1. The second-order valence-electron chi connectivity index (χ2n) is 6.41. The van der Waals surface area contributed by atoms with Gasteiger partial charge in [0.15, 0.2) is 0 Å². The number of carbonyl (C=O) groups excluding carboxylic acids is 4. The van der Waals surface area contributed by atoms with Crippen molar-refractivity contribution in [1.29, 1.82) is 0 Å². The minimum Gasteiger partial charge on any atom is -0.341 e. The maximum Gasteiger partial charge on any atom is 0.262 e. The molecule has 1 saturated heterocycles. The van der Waals surface area contributed by atoms with Crippen LogP contribution in [0.3, 0.4) is 0 Å². The first kappa shape index (κ1) is 16.4. The Hall–Kier alpha value is -2.50. The number of likely N-dealkylation sites (tertiary alicyclic amines) is 1. The zero-order valence-corrected chi connectivity index (χ0v) is 13.8. The number of amides is 3. The van der Waals surface area contributed by atoms with Crippen LogP contribution < -0.4 is 0 Å². The Labute approximate surface area is 140 Å². The number of hydrogen-bond acceptors (Lipinski definition) is 4. The zero-order valence-electron chi connectivity index (χ0n) is 13.8. The highest BCUT2D eigenvalue weighted by atomic mass is 16.2. The average Bonchev–Trinajstić information content (AvgIpc) is 2.85. The summed E-state index contributed by atoms with van der Waals surface area (Å²) in [5.41, 5.74) is 0.690. The summed E-state index contributed by atoms with van der Waals surface area (Å²) in [6.07, 6.45) is 1.27. The van der Waals surface area contributed by atoms with E-state index < -0.39 is 17.9 Å². The molecule has 3 amide bonds. The van der Waals surface area contributed by atoms with Gasteiger partial charge in [0.1, 0.15) is 11.8 Å². The van der Waals surface area contributed by atoms with E-state index >= 15 is 0 Å². The molecule has 0 N–H and O–H groups in total. The maximum atomic E-state index is 12.7. The quantitative estimate of drug-likeness (QED) is 0.788. The third kappa shape index (κ3) is 2.62. The Morgan fingerprint density at radius 3 is 2.00 bits per heavy atom. The molecule has 6 heteroatoms. The highest BCUT2D eigenvalue weighted by molar-refractivity contribution is 6.22. The molecule has 2 aliphatic rings. The molecule has 0 aliphatic carbocycles. The van der Waals surface area contributed by atoms with Crippen molar-refractivity contribution in [3.63, 3.8) is 0 Å². The number of hydrogen-bond donors (Lipinski definition) is 0. The van der Waals surface area contributed by atoms with Crippen LogP contribution in [-0.2, 0) is 9.59 Å². The molecule has 1 unspecified atom stereocenters. The number of benzene rings is 1. The van der Waals surface area contributed by atoms with E-state index in [1.54, 1.807) is 43.0 Å². The number of imide groups is 1. The first-order valence-corrected chi connectivity index (χ1v) is 8.18. The second-order valence-corrected chi connectivity index (χ2v) is 6.41. The monoisotopic (exact) mass is 328 g/mol. The van der Waals surface area contributed by atoms with E-state index in [2.05, 4.69) is 0 Å². The number of fused-ring (bicyclic) bond motifs is 1. The van der Waals surface area contributed by atoms with Gasteiger partial charge < -0.3 is 4.90 Å². The Morgan fingerprint density at radius 1 is 1.04 bits per heavy atom. The Balaban J connectivity index is 1.72. The molecule has 0 aromatic heterocycles. The van der Waals surface area contributed by atoms with E-state index in [0.29, 0.717) is 37.1 Å².